The molecule has 0 spiro atoms. The monoisotopic (exact) mass is 266 g/mol. The summed E-state index contributed by atoms with van der Waals surface area (Å²) in [7, 11) is 0. The van der Waals surface area contributed by atoms with Crippen LogP contribution in [0.15, 0.2) is 23.8 Å². The van der Waals surface area contributed by atoms with Crippen LogP contribution in [0.2, 0.25) is 0 Å². The number of aliphatic carboxylic acids is 1. The molecule has 0 rings (SSSR count). The molecule has 110 valence electrons. The van der Waals surface area contributed by atoms with Crippen LogP contribution >= 0.6 is 0 Å². The van der Waals surface area contributed by atoms with Gasteiger partial charge in [-0.3, -0.25) is 0 Å². The second kappa shape index (κ2) is 10.8. The molecule has 0 saturated carbocycles. The molecular weight excluding hydrogens is 236 g/mol. The minimum absolute atomic E-state index is 0.683. The number of hydrogen-bond donors (Lipinski definition) is 1. The van der Waals surface area contributed by atoms with Crippen LogP contribution in [0.4, 0.5) is 0 Å². The van der Waals surface area contributed by atoms with Crippen molar-refractivity contribution in [2.24, 2.45) is 11.8 Å². The number of carboxylic acids is 1. The van der Waals surface area contributed by atoms with Gasteiger partial charge in [0.15, 0.2) is 0 Å². The fourth-order valence-corrected chi connectivity index (χ4v) is 2.30. The zero-order chi connectivity index (χ0) is 14.7. The molecule has 0 saturated heterocycles. The first kappa shape index (κ1) is 17.9. The van der Waals surface area contributed by atoms with Gasteiger partial charge in [0.1, 0.15) is 0 Å². The summed E-state index contributed by atoms with van der Waals surface area (Å²) in [5, 5.41) is 8.59. The third-order valence-electron chi connectivity index (χ3n) is 3.45. The van der Waals surface area contributed by atoms with Gasteiger partial charge in [0.05, 0.1) is 0 Å². The topological polar surface area (TPSA) is 37.3 Å². The number of allylic oxidation sites excluding steroid dienone is 3. The molecule has 0 aliphatic rings. The second-order valence-corrected chi connectivity index (χ2v) is 5.79. The highest BCUT2D eigenvalue weighted by molar-refractivity contribution is 5.81. The van der Waals surface area contributed by atoms with Crippen molar-refractivity contribution < 1.29 is 9.90 Å². The largest absolute Gasteiger partial charge is 0.478 e. The first-order chi connectivity index (χ1) is 8.95. The number of carbonyl (C=O) groups is 1. The number of rotatable bonds is 10. The van der Waals surface area contributed by atoms with Crippen LogP contribution in [-0.4, -0.2) is 11.1 Å². The van der Waals surface area contributed by atoms with Crippen molar-refractivity contribution in [1.82, 2.24) is 0 Å². The van der Waals surface area contributed by atoms with E-state index in [9.17, 15) is 4.79 Å². The Morgan fingerprint density at radius 1 is 1.16 bits per heavy atom. The molecule has 0 aliphatic heterocycles. The van der Waals surface area contributed by atoms with Gasteiger partial charge in [0.25, 0.3) is 0 Å². The maximum absolute atomic E-state index is 10.5. The molecule has 0 aliphatic carbocycles. The third-order valence-corrected chi connectivity index (χ3v) is 3.45. The molecule has 1 N–H and O–H groups in total. The molecule has 0 aromatic carbocycles. The Kier molecular flexibility index (Phi) is 10.2. The fraction of sp³-hybridized carbons (Fsp3) is 0.706. The molecule has 0 radical (unpaired) electrons. The van der Waals surface area contributed by atoms with E-state index in [1.165, 1.54) is 38.2 Å². The number of hydrogen-bond acceptors (Lipinski definition) is 1. The van der Waals surface area contributed by atoms with E-state index in [-0.39, 0.29) is 0 Å². The summed E-state index contributed by atoms with van der Waals surface area (Å²) in [5.74, 6) is 0.663. The molecular formula is C17H30O2. The molecule has 0 bridgehead atoms. The Bertz CT molecular complexity index is 302. The highest BCUT2D eigenvalue weighted by Crippen LogP contribution is 2.18. The highest BCUT2D eigenvalue weighted by atomic mass is 16.4. The van der Waals surface area contributed by atoms with E-state index in [1.807, 2.05) is 13.0 Å². The average molecular weight is 266 g/mol. The summed E-state index contributed by atoms with van der Waals surface area (Å²) in [6, 6.07) is 0. The molecule has 2 nitrogen and oxygen atoms in total. The zero-order valence-corrected chi connectivity index (χ0v) is 13.0. The quantitative estimate of drug-likeness (QED) is 0.435. The molecule has 0 amide bonds. The lowest BCUT2D eigenvalue weighted by molar-refractivity contribution is -0.131. The Morgan fingerprint density at radius 3 is 2.37 bits per heavy atom. The molecule has 19 heavy (non-hydrogen) atoms. The third kappa shape index (κ3) is 11.8. The minimum atomic E-state index is -0.875. The lowest BCUT2D eigenvalue weighted by Gasteiger charge is -2.12. The van der Waals surface area contributed by atoms with Gasteiger partial charge in [-0.2, -0.15) is 0 Å². The van der Waals surface area contributed by atoms with E-state index in [1.54, 1.807) is 0 Å². The molecule has 2 unspecified atom stereocenters. The van der Waals surface area contributed by atoms with Crippen molar-refractivity contribution in [2.45, 2.75) is 66.2 Å². The highest BCUT2D eigenvalue weighted by Gasteiger charge is 2.03. The lowest BCUT2D eigenvalue weighted by Crippen LogP contribution is -1.97. The van der Waals surface area contributed by atoms with Crippen molar-refractivity contribution >= 4 is 5.97 Å². The first-order valence-corrected chi connectivity index (χ1v) is 7.53. The van der Waals surface area contributed by atoms with Gasteiger partial charge in [-0.1, -0.05) is 65.0 Å². The normalized spacial score (nSPS) is 15.7. The van der Waals surface area contributed by atoms with Gasteiger partial charge in [-0.25, -0.2) is 4.79 Å². The predicted octanol–water partition coefficient (Wildman–Crippen LogP) is 5.21. The summed E-state index contributed by atoms with van der Waals surface area (Å²) >= 11 is 0. The van der Waals surface area contributed by atoms with Crippen molar-refractivity contribution in [2.75, 3.05) is 0 Å². The smallest absolute Gasteiger partial charge is 0.328 e. The second-order valence-electron chi connectivity index (χ2n) is 5.79. The van der Waals surface area contributed by atoms with Gasteiger partial charge in [-0.05, 0) is 30.8 Å². The minimum Gasteiger partial charge on any atom is -0.478 e. The summed E-state index contributed by atoms with van der Waals surface area (Å²) in [6.45, 7) is 8.68. The van der Waals surface area contributed by atoms with Crippen molar-refractivity contribution in [3.63, 3.8) is 0 Å². The van der Waals surface area contributed by atoms with Gasteiger partial charge < -0.3 is 5.11 Å². The maximum Gasteiger partial charge on any atom is 0.328 e. The average Bonchev–Trinajstić information content (AvgIpc) is 2.28. The predicted molar refractivity (Wildman–Crippen MR) is 82.2 cm³/mol. The van der Waals surface area contributed by atoms with Crippen LogP contribution in [-0.2, 0) is 4.79 Å². The zero-order valence-electron chi connectivity index (χ0n) is 13.0. The van der Waals surface area contributed by atoms with Crippen LogP contribution in [0.5, 0.6) is 0 Å². The van der Waals surface area contributed by atoms with Crippen LogP contribution < -0.4 is 0 Å². The van der Waals surface area contributed by atoms with E-state index in [0.29, 0.717) is 5.92 Å². The van der Waals surface area contributed by atoms with Gasteiger partial charge in [-0.15, -0.1) is 0 Å². The van der Waals surface area contributed by atoms with Crippen LogP contribution in [0.25, 0.3) is 0 Å². The summed E-state index contributed by atoms with van der Waals surface area (Å²) in [6.07, 6.45) is 12.8. The fourth-order valence-electron chi connectivity index (χ4n) is 2.30. The van der Waals surface area contributed by atoms with E-state index >= 15 is 0 Å². The molecule has 0 fully saturated rings. The Balaban J connectivity index is 3.78. The SMILES string of the molecule is CCCC(C)CCCC(C)CC=CC(C)=CC(=O)O. The van der Waals surface area contributed by atoms with Gasteiger partial charge in [0, 0.05) is 6.08 Å². The summed E-state index contributed by atoms with van der Waals surface area (Å²) < 4.78 is 0. The Labute approximate surface area is 118 Å². The Morgan fingerprint density at radius 2 is 1.79 bits per heavy atom. The van der Waals surface area contributed by atoms with E-state index in [0.717, 1.165) is 17.9 Å². The van der Waals surface area contributed by atoms with Crippen molar-refractivity contribution in [3.05, 3.63) is 23.8 Å². The van der Waals surface area contributed by atoms with E-state index < -0.39 is 5.97 Å². The molecule has 2 atom stereocenters. The van der Waals surface area contributed by atoms with Gasteiger partial charge in [0.2, 0.25) is 0 Å². The van der Waals surface area contributed by atoms with E-state index in [2.05, 4.69) is 26.8 Å². The number of carboxylic acid groups (broad SMARTS) is 1. The van der Waals surface area contributed by atoms with Gasteiger partial charge >= 0.3 is 5.97 Å². The van der Waals surface area contributed by atoms with Crippen LogP contribution in [0, 0.1) is 11.8 Å². The summed E-state index contributed by atoms with van der Waals surface area (Å²) in [4.78, 5) is 10.5. The molecule has 0 aromatic heterocycles. The van der Waals surface area contributed by atoms with Crippen LogP contribution in [0.3, 0.4) is 0 Å². The molecule has 2 heteroatoms. The standard InChI is InChI=1S/C17H30O2/c1-5-8-14(2)9-6-10-15(3)11-7-12-16(4)13-17(18)19/h7,12-15H,5-6,8-11H2,1-4H3,(H,18,19). The lowest BCUT2D eigenvalue weighted by atomic mass is 9.94. The first-order valence-electron chi connectivity index (χ1n) is 7.53. The van der Waals surface area contributed by atoms with Crippen molar-refractivity contribution in [1.29, 1.82) is 0 Å². The Hall–Kier alpha value is -1.05. The van der Waals surface area contributed by atoms with Crippen LogP contribution in [0.1, 0.15) is 66.2 Å². The van der Waals surface area contributed by atoms with Crippen molar-refractivity contribution in [3.8, 4) is 0 Å². The van der Waals surface area contributed by atoms with E-state index in [4.69, 9.17) is 5.11 Å². The molecule has 0 heterocycles. The summed E-state index contributed by atoms with van der Waals surface area (Å²) in [5.41, 5.74) is 0.802. The maximum atomic E-state index is 10.5. The molecule has 0 aromatic rings.